The van der Waals surface area contributed by atoms with Gasteiger partial charge in [-0.3, -0.25) is 14.4 Å². The van der Waals surface area contributed by atoms with Gasteiger partial charge in [-0.2, -0.15) is 0 Å². The summed E-state index contributed by atoms with van der Waals surface area (Å²) in [5, 5.41) is 5.97. The minimum absolute atomic E-state index is 0.000508. The van der Waals surface area contributed by atoms with Crippen LogP contribution in [0.5, 0.6) is 5.75 Å². The van der Waals surface area contributed by atoms with Crippen LogP contribution in [0.4, 0.5) is 5.69 Å². The van der Waals surface area contributed by atoms with Crippen LogP contribution < -0.4 is 15.4 Å². The standard InChI is InChI=1S/C28H33N3O5/c1-3-26(32)29-19-8-11-24-22(14-19)28(34)31(2)23-10-9-21(36-25(23)16-35-24)15-27(33)30-20-12-17-6-4-5-7-18(17)13-20/h4-8,11,14,20-21,23,25H,3,9-10,12-13,15-16H2,1-2H3,(H,29,32)(H,30,33)/t21-,23-,25-/m1/s1. The highest BCUT2D eigenvalue weighted by atomic mass is 16.5. The van der Waals surface area contributed by atoms with Gasteiger partial charge < -0.3 is 25.0 Å². The van der Waals surface area contributed by atoms with Crippen molar-refractivity contribution in [3.63, 3.8) is 0 Å². The van der Waals surface area contributed by atoms with E-state index in [1.807, 2.05) is 12.1 Å². The molecule has 3 atom stereocenters. The van der Waals surface area contributed by atoms with Crippen molar-refractivity contribution in [1.82, 2.24) is 10.2 Å². The Balaban J connectivity index is 1.20. The molecule has 8 heteroatoms. The van der Waals surface area contributed by atoms with Crippen LogP contribution >= 0.6 is 0 Å². The van der Waals surface area contributed by atoms with E-state index in [4.69, 9.17) is 9.47 Å². The van der Waals surface area contributed by atoms with Crippen molar-refractivity contribution in [3.8, 4) is 5.75 Å². The van der Waals surface area contributed by atoms with Crippen molar-refractivity contribution in [2.45, 2.75) is 69.7 Å². The number of anilines is 1. The number of nitrogens with one attached hydrogen (secondary N) is 2. The Hall–Kier alpha value is -3.39. The number of hydrogen-bond donors (Lipinski definition) is 2. The van der Waals surface area contributed by atoms with Crippen molar-refractivity contribution in [2.75, 3.05) is 19.0 Å². The molecule has 0 spiro atoms. The quantitative estimate of drug-likeness (QED) is 0.670. The summed E-state index contributed by atoms with van der Waals surface area (Å²) in [7, 11) is 1.78. The smallest absolute Gasteiger partial charge is 0.257 e. The second kappa shape index (κ2) is 10.3. The van der Waals surface area contributed by atoms with E-state index < -0.39 is 0 Å². The molecule has 1 saturated heterocycles. The number of benzene rings is 2. The first-order chi connectivity index (χ1) is 17.4. The van der Waals surface area contributed by atoms with Gasteiger partial charge in [0.15, 0.2) is 0 Å². The van der Waals surface area contributed by atoms with E-state index in [1.54, 1.807) is 37.1 Å². The molecule has 0 aromatic heterocycles. The lowest BCUT2D eigenvalue weighted by atomic mass is 9.94. The molecule has 1 aliphatic carbocycles. The van der Waals surface area contributed by atoms with Crippen molar-refractivity contribution in [1.29, 1.82) is 0 Å². The van der Waals surface area contributed by atoms with E-state index in [-0.39, 0.29) is 48.6 Å². The number of rotatable bonds is 5. The van der Waals surface area contributed by atoms with Crippen LogP contribution in [0.1, 0.15) is 54.1 Å². The number of nitrogens with zero attached hydrogens (tertiary/aromatic N) is 1. The minimum atomic E-state index is -0.325. The third-order valence-corrected chi connectivity index (χ3v) is 7.45. The number of carbonyl (C=O) groups is 3. The monoisotopic (exact) mass is 491 g/mol. The van der Waals surface area contributed by atoms with E-state index in [1.165, 1.54) is 11.1 Å². The summed E-state index contributed by atoms with van der Waals surface area (Å²) in [6.07, 6.45) is 3.26. The summed E-state index contributed by atoms with van der Waals surface area (Å²) in [6.45, 7) is 2.06. The van der Waals surface area contributed by atoms with Gasteiger partial charge >= 0.3 is 0 Å². The summed E-state index contributed by atoms with van der Waals surface area (Å²) in [4.78, 5) is 39.6. The number of carbonyl (C=O) groups excluding carboxylic acids is 3. The molecule has 1 fully saturated rings. The molecule has 3 amide bonds. The third-order valence-electron chi connectivity index (χ3n) is 7.45. The average molecular weight is 492 g/mol. The molecule has 190 valence electrons. The lowest BCUT2D eigenvalue weighted by Gasteiger charge is -2.42. The lowest BCUT2D eigenvalue weighted by Crippen LogP contribution is -2.54. The largest absolute Gasteiger partial charge is 0.490 e. The second-order valence-corrected chi connectivity index (χ2v) is 9.93. The first-order valence-corrected chi connectivity index (χ1v) is 12.8. The second-order valence-electron chi connectivity index (χ2n) is 9.93. The Morgan fingerprint density at radius 1 is 1.06 bits per heavy atom. The zero-order valence-electron chi connectivity index (χ0n) is 20.8. The molecule has 0 unspecified atom stereocenters. The van der Waals surface area contributed by atoms with Gasteiger partial charge in [-0.1, -0.05) is 31.2 Å². The molecule has 2 aromatic carbocycles. The van der Waals surface area contributed by atoms with E-state index in [9.17, 15) is 14.4 Å². The molecular formula is C28H33N3O5. The zero-order valence-corrected chi connectivity index (χ0v) is 20.8. The Morgan fingerprint density at radius 2 is 1.81 bits per heavy atom. The zero-order chi connectivity index (χ0) is 25.2. The van der Waals surface area contributed by atoms with Crippen molar-refractivity contribution < 1.29 is 23.9 Å². The van der Waals surface area contributed by atoms with Crippen molar-refractivity contribution in [2.24, 2.45) is 0 Å². The maximum absolute atomic E-state index is 13.3. The fraction of sp³-hybridized carbons (Fsp3) is 0.464. The minimum Gasteiger partial charge on any atom is -0.490 e. The third kappa shape index (κ3) is 5.09. The summed E-state index contributed by atoms with van der Waals surface area (Å²) in [6, 6.07) is 13.4. The topological polar surface area (TPSA) is 97.0 Å². The molecule has 0 saturated carbocycles. The normalized spacial score (nSPS) is 23.4. The van der Waals surface area contributed by atoms with Gasteiger partial charge in [0.1, 0.15) is 18.5 Å². The Morgan fingerprint density at radius 3 is 2.53 bits per heavy atom. The SMILES string of the molecule is CCC(=O)Nc1ccc2c(c1)C(=O)N(C)[C@@H]1CC[C@H](CC(=O)NC3Cc4ccccc4C3)O[C@@H]1CO2. The predicted octanol–water partition coefficient (Wildman–Crippen LogP) is 3.09. The van der Waals surface area contributed by atoms with Gasteiger partial charge in [0.2, 0.25) is 11.8 Å². The van der Waals surface area contributed by atoms with Crippen LogP contribution in [0, 0.1) is 0 Å². The average Bonchev–Trinajstić information content (AvgIpc) is 3.28. The molecule has 5 rings (SSSR count). The Kier molecular flexibility index (Phi) is 6.96. The number of fused-ring (bicyclic) bond motifs is 3. The van der Waals surface area contributed by atoms with Gasteiger partial charge in [-0.05, 0) is 55.0 Å². The summed E-state index contributed by atoms with van der Waals surface area (Å²) >= 11 is 0. The first-order valence-electron chi connectivity index (χ1n) is 12.8. The van der Waals surface area contributed by atoms with Gasteiger partial charge in [0.25, 0.3) is 5.91 Å². The molecule has 2 heterocycles. The van der Waals surface area contributed by atoms with Crippen LogP contribution in [0.25, 0.3) is 0 Å². The highest BCUT2D eigenvalue weighted by molar-refractivity contribution is 5.99. The fourth-order valence-electron chi connectivity index (χ4n) is 5.51. The van der Waals surface area contributed by atoms with Crippen LogP contribution in [-0.4, -0.2) is 60.6 Å². The van der Waals surface area contributed by atoms with E-state index in [2.05, 4.69) is 22.8 Å². The maximum atomic E-state index is 13.3. The Bertz CT molecular complexity index is 1140. The van der Waals surface area contributed by atoms with Gasteiger partial charge in [-0.25, -0.2) is 0 Å². The molecular weight excluding hydrogens is 458 g/mol. The van der Waals surface area contributed by atoms with E-state index >= 15 is 0 Å². The molecule has 2 aliphatic heterocycles. The van der Waals surface area contributed by atoms with Crippen LogP contribution in [0.2, 0.25) is 0 Å². The van der Waals surface area contributed by atoms with Crippen LogP contribution in [-0.2, 0) is 27.2 Å². The molecule has 8 nitrogen and oxygen atoms in total. The Labute approximate surface area is 211 Å². The number of likely N-dealkylation sites (N-methyl/N-ethyl adjacent to an activating group) is 1. The van der Waals surface area contributed by atoms with Gasteiger partial charge in [-0.15, -0.1) is 0 Å². The van der Waals surface area contributed by atoms with Gasteiger partial charge in [0, 0.05) is 25.2 Å². The fourth-order valence-corrected chi connectivity index (χ4v) is 5.51. The van der Waals surface area contributed by atoms with Gasteiger partial charge in [0.05, 0.1) is 24.1 Å². The van der Waals surface area contributed by atoms with Crippen LogP contribution in [0.15, 0.2) is 42.5 Å². The predicted molar refractivity (Wildman–Crippen MR) is 135 cm³/mol. The van der Waals surface area contributed by atoms with Crippen molar-refractivity contribution in [3.05, 3.63) is 59.2 Å². The van der Waals surface area contributed by atoms with E-state index in [0.29, 0.717) is 36.3 Å². The summed E-state index contributed by atoms with van der Waals surface area (Å²) in [5.41, 5.74) is 3.60. The highest BCUT2D eigenvalue weighted by Crippen LogP contribution is 2.32. The number of amides is 3. The molecule has 2 aromatic rings. The van der Waals surface area contributed by atoms with Crippen LogP contribution in [0.3, 0.4) is 0 Å². The number of hydrogen-bond acceptors (Lipinski definition) is 5. The molecule has 0 bridgehead atoms. The van der Waals surface area contributed by atoms with Crippen molar-refractivity contribution >= 4 is 23.4 Å². The molecule has 2 N–H and O–H groups in total. The van der Waals surface area contributed by atoms with E-state index in [0.717, 1.165) is 19.3 Å². The molecule has 0 radical (unpaired) electrons. The summed E-state index contributed by atoms with van der Waals surface area (Å²) in [5.74, 6) is 0.173. The highest BCUT2D eigenvalue weighted by Gasteiger charge is 2.39. The summed E-state index contributed by atoms with van der Waals surface area (Å²) < 4.78 is 12.3. The first kappa shape index (κ1) is 24.3. The number of ether oxygens (including phenoxy) is 2. The maximum Gasteiger partial charge on any atom is 0.257 e. The lowest BCUT2D eigenvalue weighted by molar-refractivity contribution is -0.134. The molecule has 3 aliphatic rings. The molecule has 36 heavy (non-hydrogen) atoms.